The molecule has 2 saturated carbocycles. The Hall–Kier alpha value is -0.570. The number of carbonyl (C=O) groups excluding carboxylic acids is 1. The first-order valence-corrected chi connectivity index (χ1v) is 4.85. The van der Waals surface area contributed by atoms with Crippen LogP contribution in [-0.4, -0.2) is 29.4 Å². The van der Waals surface area contributed by atoms with Crippen molar-refractivity contribution in [3.63, 3.8) is 0 Å². The van der Waals surface area contributed by atoms with Crippen LogP contribution < -0.4 is 5.73 Å². The summed E-state index contributed by atoms with van der Waals surface area (Å²) >= 11 is 0. The van der Waals surface area contributed by atoms with Crippen molar-refractivity contribution in [2.45, 2.75) is 31.3 Å². The van der Waals surface area contributed by atoms with E-state index in [4.69, 9.17) is 5.73 Å². The lowest BCUT2D eigenvalue weighted by Crippen LogP contribution is -2.44. The number of piperidine rings is 1. The van der Waals surface area contributed by atoms with Crippen LogP contribution in [-0.2, 0) is 4.79 Å². The molecular formula is C9H14N2O. The number of hydrogen-bond donors (Lipinski definition) is 1. The third kappa shape index (κ3) is 0.678. The van der Waals surface area contributed by atoms with E-state index in [-0.39, 0.29) is 12.0 Å². The predicted molar refractivity (Wildman–Crippen MR) is 44.3 cm³/mol. The second kappa shape index (κ2) is 2.02. The number of carbonyl (C=O) groups is 1. The van der Waals surface area contributed by atoms with E-state index in [0.717, 1.165) is 6.54 Å². The molecule has 0 bridgehead atoms. The van der Waals surface area contributed by atoms with Gasteiger partial charge in [-0.05, 0) is 19.3 Å². The van der Waals surface area contributed by atoms with Gasteiger partial charge in [0.25, 0.3) is 0 Å². The number of hydrogen-bond acceptors (Lipinski definition) is 2. The molecule has 1 heterocycles. The molecule has 3 fully saturated rings. The highest BCUT2D eigenvalue weighted by Crippen LogP contribution is 2.47. The number of nitrogens with two attached hydrogens (primary N) is 1. The molecule has 3 aliphatic rings. The van der Waals surface area contributed by atoms with E-state index in [1.54, 1.807) is 0 Å². The monoisotopic (exact) mass is 166 g/mol. The van der Waals surface area contributed by atoms with Crippen LogP contribution in [0.15, 0.2) is 0 Å². The van der Waals surface area contributed by atoms with Crippen LogP contribution in [0.25, 0.3) is 0 Å². The molecule has 1 amide bonds. The van der Waals surface area contributed by atoms with Crippen molar-refractivity contribution in [1.82, 2.24) is 4.90 Å². The van der Waals surface area contributed by atoms with Gasteiger partial charge < -0.3 is 10.6 Å². The van der Waals surface area contributed by atoms with E-state index in [0.29, 0.717) is 17.9 Å². The van der Waals surface area contributed by atoms with Gasteiger partial charge in [-0.15, -0.1) is 0 Å². The highest BCUT2D eigenvalue weighted by molar-refractivity contribution is 5.86. The highest BCUT2D eigenvalue weighted by Gasteiger charge is 2.60. The first kappa shape index (κ1) is 6.89. The average Bonchev–Trinajstić information content (AvgIpc) is 2.41. The Kier molecular flexibility index (Phi) is 1.16. The van der Waals surface area contributed by atoms with Crippen molar-refractivity contribution in [3.05, 3.63) is 0 Å². The molecule has 0 aromatic heterocycles. The fourth-order valence-electron chi connectivity index (χ4n) is 2.52. The zero-order chi connectivity index (χ0) is 8.29. The number of fused-ring (bicyclic) bond motifs is 1. The van der Waals surface area contributed by atoms with Crippen molar-refractivity contribution in [2.24, 2.45) is 17.6 Å². The summed E-state index contributed by atoms with van der Waals surface area (Å²) in [5, 5.41) is 0. The first-order valence-electron chi connectivity index (χ1n) is 4.85. The largest absolute Gasteiger partial charge is 0.339 e. The summed E-state index contributed by atoms with van der Waals surface area (Å²) in [4.78, 5) is 13.7. The van der Waals surface area contributed by atoms with E-state index in [9.17, 15) is 4.79 Å². The van der Waals surface area contributed by atoms with Crippen LogP contribution in [0.4, 0.5) is 0 Å². The molecule has 1 saturated heterocycles. The van der Waals surface area contributed by atoms with Gasteiger partial charge >= 0.3 is 0 Å². The summed E-state index contributed by atoms with van der Waals surface area (Å²) in [7, 11) is 0. The molecule has 66 valence electrons. The van der Waals surface area contributed by atoms with Crippen molar-refractivity contribution in [2.75, 3.05) is 6.54 Å². The van der Waals surface area contributed by atoms with Crippen molar-refractivity contribution < 1.29 is 4.79 Å². The predicted octanol–water partition coefficient (Wildman–Crippen LogP) is -0.0456. The first-order chi connectivity index (χ1) is 5.79. The maximum Gasteiger partial charge on any atom is 0.227 e. The molecule has 1 aliphatic heterocycles. The standard InChI is InChI=1S/C9H14N2O/c10-8-6-4-11(5-2-1-3-5)9(12)7(6)8/h5-8H,1-4,10H2. The minimum absolute atomic E-state index is 0.203. The maximum absolute atomic E-state index is 11.6. The van der Waals surface area contributed by atoms with Gasteiger partial charge in [-0.1, -0.05) is 0 Å². The zero-order valence-electron chi connectivity index (χ0n) is 7.07. The van der Waals surface area contributed by atoms with Crippen LogP contribution in [0.5, 0.6) is 0 Å². The van der Waals surface area contributed by atoms with E-state index in [1.807, 2.05) is 0 Å². The Morgan fingerprint density at radius 2 is 2.17 bits per heavy atom. The lowest BCUT2D eigenvalue weighted by molar-refractivity contribution is -0.133. The Balaban J connectivity index is 1.72. The van der Waals surface area contributed by atoms with Crippen molar-refractivity contribution in [3.8, 4) is 0 Å². The van der Waals surface area contributed by atoms with Gasteiger partial charge in [0.15, 0.2) is 0 Å². The molecule has 0 radical (unpaired) electrons. The minimum atomic E-state index is 0.203. The molecule has 3 heteroatoms. The number of rotatable bonds is 1. The molecule has 2 aliphatic carbocycles. The Labute approximate surface area is 71.9 Å². The van der Waals surface area contributed by atoms with E-state index >= 15 is 0 Å². The maximum atomic E-state index is 11.6. The third-order valence-corrected chi connectivity index (χ3v) is 3.72. The molecule has 3 unspecified atom stereocenters. The number of nitrogens with zero attached hydrogens (tertiary/aromatic N) is 1. The second-order valence-electron chi connectivity index (χ2n) is 4.34. The van der Waals surface area contributed by atoms with Crippen LogP contribution in [0.1, 0.15) is 19.3 Å². The van der Waals surface area contributed by atoms with E-state index < -0.39 is 0 Å². The van der Waals surface area contributed by atoms with Crippen LogP contribution in [0.3, 0.4) is 0 Å². The van der Waals surface area contributed by atoms with Crippen LogP contribution in [0, 0.1) is 11.8 Å². The second-order valence-corrected chi connectivity index (χ2v) is 4.34. The molecular weight excluding hydrogens is 152 g/mol. The van der Waals surface area contributed by atoms with Gasteiger partial charge in [0.05, 0.1) is 5.92 Å². The van der Waals surface area contributed by atoms with Gasteiger partial charge in [-0.25, -0.2) is 0 Å². The Morgan fingerprint density at radius 1 is 1.42 bits per heavy atom. The molecule has 0 aromatic rings. The molecule has 2 N–H and O–H groups in total. The number of likely N-dealkylation sites (tertiary alicyclic amines) is 1. The zero-order valence-corrected chi connectivity index (χ0v) is 7.07. The lowest BCUT2D eigenvalue weighted by Gasteiger charge is -2.36. The quantitative estimate of drug-likeness (QED) is 0.594. The average molecular weight is 166 g/mol. The van der Waals surface area contributed by atoms with Gasteiger partial charge in [-0.3, -0.25) is 4.79 Å². The summed E-state index contributed by atoms with van der Waals surface area (Å²) < 4.78 is 0. The molecule has 0 spiro atoms. The minimum Gasteiger partial charge on any atom is -0.339 e. The van der Waals surface area contributed by atoms with E-state index in [2.05, 4.69) is 4.90 Å². The summed E-state index contributed by atoms with van der Waals surface area (Å²) in [6, 6.07) is 0.784. The van der Waals surface area contributed by atoms with Gasteiger partial charge in [0, 0.05) is 24.5 Å². The fourth-order valence-corrected chi connectivity index (χ4v) is 2.52. The Bertz CT molecular complexity index is 237. The topological polar surface area (TPSA) is 46.3 Å². The molecule has 3 atom stereocenters. The van der Waals surface area contributed by atoms with Crippen LogP contribution >= 0.6 is 0 Å². The molecule has 12 heavy (non-hydrogen) atoms. The lowest BCUT2D eigenvalue weighted by atomic mass is 9.91. The van der Waals surface area contributed by atoms with Gasteiger partial charge in [0.2, 0.25) is 5.91 Å². The van der Waals surface area contributed by atoms with E-state index in [1.165, 1.54) is 19.3 Å². The SMILES string of the molecule is NC1C2CN(C3CCC3)C(=O)C12. The summed E-state index contributed by atoms with van der Waals surface area (Å²) in [5.41, 5.74) is 5.74. The number of amides is 1. The summed E-state index contributed by atoms with van der Waals surface area (Å²) in [6.45, 7) is 0.954. The van der Waals surface area contributed by atoms with Gasteiger partial charge in [0.1, 0.15) is 0 Å². The summed E-state index contributed by atoms with van der Waals surface area (Å²) in [6.07, 6.45) is 3.75. The smallest absolute Gasteiger partial charge is 0.227 e. The Morgan fingerprint density at radius 3 is 2.58 bits per heavy atom. The highest BCUT2D eigenvalue weighted by atomic mass is 16.2. The van der Waals surface area contributed by atoms with Crippen molar-refractivity contribution >= 4 is 5.91 Å². The molecule has 3 rings (SSSR count). The third-order valence-electron chi connectivity index (χ3n) is 3.72. The fraction of sp³-hybridized carbons (Fsp3) is 0.889. The van der Waals surface area contributed by atoms with Gasteiger partial charge in [-0.2, -0.15) is 0 Å². The normalized spacial score (nSPS) is 45.9. The summed E-state index contributed by atoms with van der Waals surface area (Å²) in [5.74, 6) is 1.07. The molecule has 3 nitrogen and oxygen atoms in total. The van der Waals surface area contributed by atoms with Crippen LogP contribution in [0.2, 0.25) is 0 Å². The molecule has 0 aromatic carbocycles. The van der Waals surface area contributed by atoms with Crippen molar-refractivity contribution in [1.29, 1.82) is 0 Å².